The summed E-state index contributed by atoms with van der Waals surface area (Å²) >= 11 is 11.8. The van der Waals surface area contributed by atoms with Crippen molar-refractivity contribution in [3.8, 4) is 5.75 Å². The van der Waals surface area contributed by atoms with E-state index in [0.29, 0.717) is 28.3 Å². The van der Waals surface area contributed by atoms with Crippen LogP contribution in [0.1, 0.15) is 19.3 Å². The second kappa shape index (κ2) is 8.61. The van der Waals surface area contributed by atoms with E-state index < -0.39 is 0 Å². The van der Waals surface area contributed by atoms with Crippen LogP contribution in [0.25, 0.3) is 0 Å². The molecule has 0 unspecified atom stereocenters. The number of carbonyl (C=O) groups excluding carboxylic acids is 1. The lowest BCUT2D eigenvalue weighted by Crippen LogP contribution is -2.34. The Kier molecular flexibility index (Phi) is 6.80. The van der Waals surface area contributed by atoms with E-state index in [1.165, 1.54) is 12.8 Å². The first-order valence-electron chi connectivity index (χ1n) is 7.57. The number of piperidine rings is 1. The van der Waals surface area contributed by atoms with Gasteiger partial charge in [0.25, 0.3) is 5.91 Å². The highest BCUT2D eigenvalue weighted by Gasteiger charge is 2.16. The first kappa shape index (κ1) is 17.4. The predicted octanol–water partition coefficient (Wildman–Crippen LogP) is 3.22. The summed E-state index contributed by atoms with van der Waals surface area (Å²) in [6.45, 7) is 2.97. The number of halogens is 2. The van der Waals surface area contributed by atoms with Crippen LogP contribution >= 0.6 is 23.2 Å². The molecule has 1 N–H and O–H groups in total. The Morgan fingerprint density at radius 2 is 2.09 bits per heavy atom. The van der Waals surface area contributed by atoms with Gasteiger partial charge in [-0.3, -0.25) is 4.79 Å². The van der Waals surface area contributed by atoms with Gasteiger partial charge in [-0.25, -0.2) is 0 Å². The van der Waals surface area contributed by atoms with Gasteiger partial charge in [-0.05, 0) is 63.5 Å². The van der Waals surface area contributed by atoms with Crippen molar-refractivity contribution in [2.45, 2.75) is 19.3 Å². The molecule has 1 heterocycles. The molecule has 0 bridgehead atoms. The van der Waals surface area contributed by atoms with E-state index in [2.05, 4.69) is 17.3 Å². The van der Waals surface area contributed by atoms with E-state index >= 15 is 0 Å². The lowest BCUT2D eigenvalue weighted by Gasteiger charge is -2.28. The highest BCUT2D eigenvalue weighted by atomic mass is 35.5. The molecule has 1 fully saturated rings. The molecule has 6 heteroatoms. The summed E-state index contributed by atoms with van der Waals surface area (Å²) in [5, 5.41) is 3.85. The number of hydrogen-bond acceptors (Lipinski definition) is 3. The molecule has 0 atom stereocenters. The number of ether oxygens (including phenoxy) is 1. The fraction of sp³-hybridized carbons (Fsp3) is 0.562. The Labute approximate surface area is 141 Å². The third-order valence-corrected chi connectivity index (χ3v) is 4.50. The normalized spacial score (nSPS) is 16.5. The van der Waals surface area contributed by atoms with Crippen LogP contribution in [0.5, 0.6) is 5.75 Å². The van der Waals surface area contributed by atoms with Gasteiger partial charge < -0.3 is 15.0 Å². The summed E-state index contributed by atoms with van der Waals surface area (Å²) in [7, 11) is 2.15. The van der Waals surface area contributed by atoms with Gasteiger partial charge in [-0.1, -0.05) is 23.2 Å². The molecule has 2 rings (SSSR count). The lowest BCUT2D eigenvalue weighted by molar-refractivity contribution is -0.123. The van der Waals surface area contributed by atoms with Gasteiger partial charge in [0.1, 0.15) is 5.75 Å². The molecular formula is C16H22Cl2N2O2. The Hall–Kier alpha value is -0.970. The Morgan fingerprint density at radius 3 is 2.77 bits per heavy atom. The standard InChI is InChI=1S/C16H22Cl2N2O2/c1-20-8-5-12(6-9-20)4-7-19-16(21)11-22-15-3-2-13(17)10-14(15)18/h2-3,10,12H,4-9,11H2,1H3,(H,19,21). The Morgan fingerprint density at radius 1 is 1.36 bits per heavy atom. The fourth-order valence-corrected chi connectivity index (χ4v) is 3.02. The van der Waals surface area contributed by atoms with Crippen LogP contribution in [-0.4, -0.2) is 44.1 Å². The van der Waals surface area contributed by atoms with Crippen LogP contribution in [0.2, 0.25) is 10.0 Å². The molecule has 1 saturated heterocycles. The Balaban J connectivity index is 1.63. The van der Waals surface area contributed by atoms with E-state index in [1.807, 2.05) is 0 Å². The number of amides is 1. The summed E-state index contributed by atoms with van der Waals surface area (Å²) in [6.07, 6.45) is 3.45. The van der Waals surface area contributed by atoms with Gasteiger partial charge in [-0.15, -0.1) is 0 Å². The van der Waals surface area contributed by atoms with Crippen LogP contribution in [0.4, 0.5) is 0 Å². The topological polar surface area (TPSA) is 41.6 Å². The molecule has 0 radical (unpaired) electrons. The number of nitrogens with zero attached hydrogens (tertiary/aromatic N) is 1. The van der Waals surface area contributed by atoms with E-state index in [1.54, 1.807) is 18.2 Å². The number of rotatable bonds is 6. The highest BCUT2D eigenvalue weighted by Crippen LogP contribution is 2.27. The molecule has 1 aliphatic heterocycles. The number of benzene rings is 1. The lowest BCUT2D eigenvalue weighted by atomic mass is 9.94. The highest BCUT2D eigenvalue weighted by molar-refractivity contribution is 6.35. The summed E-state index contributed by atoms with van der Waals surface area (Å²) in [6, 6.07) is 4.94. The van der Waals surface area contributed by atoms with Gasteiger partial charge in [-0.2, -0.15) is 0 Å². The second-order valence-corrected chi connectivity index (χ2v) is 6.59. The molecule has 22 heavy (non-hydrogen) atoms. The summed E-state index contributed by atoms with van der Waals surface area (Å²) < 4.78 is 5.40. The van der Waals surface area contributed by atoms with Crippen molar-refractivity contribution < 1.29 is 9.53 Å². The molecule has 1 aromatic carbocycles. The zero-order valence-electron chi connectivity index (χ0n) is 12.8. The van der Waals surface area contributed by atoms with Crippen LogP contribution < -0.4 is 10.1 Å². The average molecular weight is 345 g/mol. The van der Waals surface area contributed by atoms with E-state index in [9.17, 15) is 4.79 Å². The van der Waals surface area contributed by atoms with Gasteiger partial charge in [0, 0.05) is 11.6 Å². The molecular weight excluding hydrogens is 323 g/mol. The molecule has 0 spiro atoms. The van der Waals surface area contributed by atoms with Crippen molar-refractivity contribution in [1.29, 1.82) is 0 Å². The van der Waals surface area contributed by atoms with Crippen LogP contribution in [-0.2, 0) is 4.79 Å². The monoisotopic (exact) mass is 344 g/mol. The van der Waals surface area contributed by atoms with Crippen molar-refractivity contribution >= 4 is 29.1 Å². The van der Waals surface area contributed by atoms with Crippen LogP contribution in [0.15, 0.2) is 18.2 Å². The third kappa shape index (κ3) is 5.67. The molecule has 1 aliphatic rings. The first-order valence-corrected chi connectivity index (χ1v) is 8.33. The van der Waals surface area contributed by atoms with Crippen LogP contribution in [0.3, 0.4) is 0 Å². The number of nitrogens with one attached hydrogen (secondary N) is 1. The van der Waals surface area contributed by atoms with Crippen molar-refractivity contribution in [3.63, 3.8) is 0 Å². The molecule has 0 aromatic heterocycles. The van der Waals surface area contributed by atoms with E-state index in [4.69, 9.17) is 27.9 Å². The predicted molar refractivity (Wildman–Crippen MR) is 89.8 cm³/mol. The van der Waals surface area contributed by atoms with E-state index in [0.717, 1.165) is 19.5 Å². The van der Waals surface area contributed by atoms with Crippen molar-refractivity contribution in [2.24, 2.45) is 5.92 Å². The molecule has 122 valence electrons. The zero-order chi connectivity index (χ0) is 15.9. The van der Waals surface area contributed by atoms with Gasteiger partial charge in [0.05, 0.1) is 5.02 Å². The summed E-state index contributed by atoms with van der Waals surface area (Å²) in [5.41, 5.74) is 0. The maximum atomic E-state index is 11.8. The van der Waals surface area contributed by atoms with Crippen LogP contribution in [0, 0.1) is 5.92 Å². The largest absolute Gasteiger partial charge is 0.482 e. The fourth-order valence-electron chi connectivity index (χ4n) is 2.55. The van der Waals surface area contributed by atoms with Crippen molar-refractivity contribution in [2.75, 3.05) is 33.3 Å². The minimum atomic E-state index is -0.126. The molecule has 1 amide bonds. The summed E-state index contributed by atoms with van der Waals surface area (Å²) in [5.74, 6) is 1.05. The maximum absolute atomic E-state index is 11.8. The minimum absolute atomic E-state index is 0.0330. The van der Waals surface area contributed by atoms with Crippen molar-refractivity contribution in [3.05, 3.63) is 28.2 Å². The third-order valence-electron chi connectivity index (χ3n) is 3.97. The average Bonchev–Trinajstić information content (AvgIpc) is 2.48. The molecule has 4 nitrogen and oxygen atoms in total. The van der Waals surface area contributed by atoms with Gasteiger partial charge >= 0.3 is 0 Å². The van der Waals surface area contributed by atoms with E-state index in [-0.39, 0.29) is 12.5 Å². The quantitative estimate of drug-likeness (QED) is 0.861. The van der Waals surface area contributed by atoms with Crippen molar-refractivity contribution in [1.82, 2.24) is 10.2 Å². The molecule has 0 saturated carbocycles. The van der Waals surface area contributed by atoms with Gasteiger partial charge in [0.2, 0.25) is 0 Å². The second-order valence-electron chi connectivity index (χ2n) is 5.75. The smallest absolute Gasteiger partial charge is 0.257 e. The van der Waals surface area contributed by atoms with Gasteiger partial charge in [0.15, 0.2) is 6.61 Å². The maximum Gasteiger partial charge on any atom is 0.257 e. The number of likely N-dealkylation sites (tertiary alicyclic amines) is 1. The number of hydrogen-bond donors (Lipinski definition) is 1. The zero-order valence-corrected chi connectivity index (χ0v) is 14.3. The summed E-state index contributed by atoms with van der Waals surface area (Å²) in [4.78, 5) is 14.1. The minimum Gasteiger partial charge on any atom is -0.482 e. The SMILES string of the molecule is CN1CCC(CCNC(=O)COc2ccc(Cl)cc2Cl)CC1. The molecule has 1 aromatic rings. The Bertz CT molecular complexity index is 503. The first-order chi connectivity index (χ1) is 10.5. The number of carbonyl (C=O) groups is 1. The molecule has 0 aliphatic carbocycles.